The third kappa shape index (κ3) is 9.08. The van der Waals surface area contributed by atoms with Gasteiger partial charge in [0.15, 0.2) is 0 Å². The van der Waals surface area contributed by atoms with Crippen LogP contribution >= 0.6 is 0 Å². The second-order valence-electron chi connectivity index (χ2n) is 6.07. The van der Waals surface area contributed by atoms with E-state index in [-0.39, 0.29) is 0 Å². The molecular formula is C18H32N2. The second-order valence-corrected chi connectivity index (χ2v) is 6.07. The highest BCUT2D eigenvalue weighted by molar-refractivity contribution is 5.08. The summed E-state index contributed by atoms with van der Waals surface area (Å²) in [6.45, 7) is 3.10. The lowest BCUT2D eigenvalue weighted by Crippen LogP contribution is -2.10. The molecule has 1 rings (SSSR count). The summed E-state index contributed by atoms with van der Waals surface area (Å²) < 4.78 is 0. The minimum absolute atomic E-state index is 0.711. The van der Waals surface area contributed by atoms with Crippen molar-refractivity contribution in [3.05, 3.63) is 30.1 Å². The molecule has 0 bridgehead atoms. The number of aromatic nitrogens is 1. The van der Waals surface area contributed by atoms with Crippen LogP contribution in [-0.4, -0.2) is 11.5 Å². The largest absolute Gasteiger partial charge is 0.330 e. The minimum Gasteiger partial charge on any atom is -0.330 e. The number of nitrogens with two attached hydrogens (primary N) is 1. The normalized spacial score (nSPS) is 12.5. The smallest absolute Gasteiger partial charge is 0.0299 e. The molecule has 0 saturated carbocycles. The first-order valence-corrected chi connectivity index (χ1v) is 8.42. The Morgan fingerprint density at radius 2 is 1.65 bits per heavy atom. The van der Waals surface area contributed by atoms with Crippen molar-refractivity contribution < 1.29 is 0 Å². The van der Waals surface area contributed by atoms with E-state index in [2.05, 4.69) is 18.0 Å². The molecular weight excluding hydrogens is 244 g/mol. The molecule has 0 amide bonds. The molecule has 20 heavy (non-hydrogen) atoms. The number of unbranched alkanes of at least 4 members (excludes halogenated alkanes) is 7. The highest BCUT2D eigenvalue weighted by atomic mass is 14.6. The fraction of sp³-hybridized carbons (Fsp3) is 0.722. The van der Waals surface area contributed by atoms with E-state index in [9.17, 15) is 0 Å². The molecule has 1 aromatic rings. The van der Waals surface area contributed by atoms with E-state index in [1.165, 1.54) is 69.8 Å². The third-order valence-corrected chi connectivity index (χ3v) is 4.04. The van der Waals surface area contributed by atoms with Crippen LogP contribution < -0.4 is 5.73 Å². The first-order valence-electron chi connectivity index (χ1n) is 8.42. The summed E-state index contributed by atoms with van der Waals surface area (Å²) in [4.78, 5) is 4.15. The molecule has 114 valence electrons. The Balaban J connectivity index is 1.81. The van der Waals surface area contributed by atoms with E-state index in [4.69, 9.17) is 5.73 Å². The molecule has 1 atom stereocenters. The van der Waals surface area contributed by atoms with Gasteiger partial charge in [-0.1, -0.05) is 57.9 Å². The van der Waals surface area contributed by atoms with E-state index in [0.717, 1.165) is 6.54 Å². The Kier molecular flexibility index (Phi) is 10.2. The van der Waals surface area contributed by atoms with E-state index in [1.807, 2.05) is 18.5 Å². The average molecular weight is 276 g/mol. The molecule has 2 heteroatoms. The monoisotopic (exact) mass is 276 g/mol. The third-order valence-electron chi connectivity index (χ3n) is 4.04. The maximum absolute atomic E-state index is 5.62. The zero-order chi connectivity index (χ0) is 14.5. The quantitative estimate of drug-likeness (QED) is 0.560. The lowest BCUT2D eigenvalue weighted by atomic mass is 10.0. The van der Waals surface area contributed by atoms with E-state index < -0.39 is 0 Å². The highest BCUT2D eigenvalue weighted by Gasteiger charge is 1.98. The minimum atomic E-state index is 0.711. The molecule has 0 radical (unpaired) electrons. The summed E-state index contributed by atoms with van der Waals surface area (Å²) in [7, 11) is 0. The Morgan fingerprint density at radius 1 is 1.00 bits per heavy atom. The van der Waals surface area contributed by atoms with Crippen LogP contribution in [0.5, 0.6) is 0 Å². The molecule has 0 saturated heterocycles. The van der Waals surface area contributed by atoms with Crippen molar-refractivity contribution in [2.75, 3.05) is 6.54 Å². The predicted octanol–water partition coefficient (Wildman–Crippen LogP) is 4.73. The van der Waals surface area contributed by atoms with Crippen LogP contribution in [0.4, 0.5) is 0 Å². The standard InChI is InChI=1S/C18H32N2/c1-17(15-19)11-8-6-4-2-3-5-7-9-12-18-13-10-14-20-16-18/h10,13-14,16-17H,2-9,11-12,15,19H2,1H3/t17-/m0/s1. The molecule has 1 heterocycles. The van der Waals surface area contributed by atoms with Gasteiger partial charge >= 0.3 is 0 Å². The maximum atomic E-state index is 5.62. The van der Waals surface area contributed by atoms with Crippen LogP contribution in [0.1, 0.15) is 70.3 Å². The fourth-order valence-corrected chi connectivity index (χ4v) is 2.55. The molecule has 2 nitrogen and oxygen atoms in total. The van der Waals surface area contributed by atoms with Crippen LogP contribution in [-0.2, 0) is 6.42 Å². The Labute approximate surface area is 125 Å². The van der Waals surface area contributed by atoms with E-state index >= 15 is 0 Å². The van der Waals surface area contributed by atoms with Gasteiger partial charge in [-0.3, -0.25) is 4.98 Å². The van der Waals surface area contributed by atoms with Crippen LogP contribution in [0.2, 0.25) is 0 Å². The number of pyridine rings is 1. The van der Waals surface area contributed by atoms with Crippen LogP contribution in [0, 0.1) is 5.92 Å². The van der Waals surface area contributed by atoms with Crippen molar-refractivity contribution in [3.63, 3.8) is 0 Å². The van der Waals surface area contributed by atoms with Gasteiger partial charge in [-0.2, -0.15) is 0 Å². The number of nitrogens with zero attached hydrogens (tertiary/aromatic N) is 1. The van der Waals surface area contributed by atoms with Crippen molar-refractivity contribution in [2.24, 2.45) is 11.7 Å². The maximum Gasteiger partial charge on any atom is 0.0299 e. The Bertz CT molecular complexity index is 310. The molecule has 0 unspecified atom stereocenters. The van der Waals surface area contributed by atoms with Crippen molar-refractivity contribution in [2.45, 2.75) is 71.1 Å². The summed E-state index contributed by atoms with van der Waals surface area (Å²) >= 11 is 0. The number of rotatable bonds is 12. The van der Waals surface area contributed by atoms with Crippen LogP contribution in [0.25, 0.3) is 0 Å². The van der Waals surface area contributed by atoms with Gasteiger partial charge in [0.25, 0.3) is 0 Å². The zero-order valence-corrected chi connectivity index (χ0v) is 13.2. The second kappa shape index (κ2) is 11.9. The van der Waals surface area contributed by atoms with Crippen LogP contribution in [0.15, 0.2) is 24.5 Å². The van der Waals surface area contributed by atoms with Gasteiger partial charge in [-0.15, -0.1) is 0 Å². The van der Waals surface area contributed by atoms with Crippen molar-refractivity contribution in [3.8, 4) is 0 Å². The van der Waals surface area contributed by atoms with E-state index in [0.29, 0.717) is 5.92 Å². The summed E-state index contributed by atoms with van der Waals surface area (Å²) in [5.74, 6) is 0.711. The van der Waals surface area contributed by atoms with Crippen LogP contribution in [0.3, 0.4) is 0 Å². The molecule has 0 aliphatic rings. The Morgan fingerprint density at radius 3 is 2.25 bits per heavy atom. The lowest BCUT2D eigenvalue weighted by molar-refractivity contribution is 0.487. The SMILES string of the molecule is C[C@H](CN)CCCCCCCCCCc1cccnc1. The van der Waals surface area contributed by atoms with E-state index in [1.54, 1.807) is 0 Å². The van der Waals surface area contributed by atoms with Crippen molar-refractivity contribution in [1.29, 1.82) is 0 Å². The zero-order valence-electron chi connectivity index (χ0n) is 13.2. The summed E-state index contributed by atoms with van der Waals surface area (Å²) in [6, 6.07) is 4.20. The first-order chi connectivity index (χ1) is 9.83. The molecule has 2 N–H and O–H groups in total. The van der Waals surface area contributed by atoms with Gasteiger partial charge in [-0.05, 0) is 43.4 Å². The molecule has 0 spiro atoms. The topological polar surface area (TPSA) is 38.9 Å². The number of hydrogen-bond donors (Lipinski definition) is 1. The van der Waals surface area contributed by atoms with Gasteiger partial charge < -0.3 is 5.73 Å². The fourth-order valence-electron chi connectivity index (χ4n) is 2.55. The molecule has 0 aromatic carbocycles. The lowest BCUT2D eigenvalue weighted by Gasteiger charge is -2.07. The Hall–Kier alpha value is -0.890. The number of hydrogen-bond acceptors (Lipinski definition) is 2. The van der Waals surface area contributed by atoms with Gasteiger partial charge in [0.1, 0.15) is 0 Å². The van der Waals surface area contributed by atoms with Gasteiger partial charge in [-0.25, -0.2) is 0 Å². The molecule has 0 aliphatic carbocycles. The molecule has 0 aliphatic heterocycles. The highest BCUT2D eigenvalue weighted by Crippen LogP contribution is 2.13. The van der Waals surface area contributed by atoms with Crippen molar-refractivity contribution in [1.82, 2.24) is 4.98 Å². The van der Waals surface area contributed by atoms with Gasteiger partial charge in [0, 0.05) is 12.4 Å². The first kappa shape index (κ1) is 17.2. The van der Waals surface area contributed by atoms with Crippen molar-refractivity contribution >= 4 is 0 Å². The summed E-state index contributed by atoms with van der Waals surface area (Å²) in [6.07, 6.45) is 17.3. The molecule has 1 aromatic heterocycles. The number of aryl methyl sites for hydroxylation is 1. The summed E-state index contributed by atoms with van der Waals surface area (Å²) in [5, 5.41) is 0. The van der Waals surface area contributed by atoms with Gasteiger partial charge in [0.2, 0.25) is 0 Å². The predicted molar refractivity (Wildman–Crippen MR) is 87.7 cm³/mol. The summed E-state index contributed by atoms with van der Waals surface area (Å²) in [5.41, 5.74) is 7.00. The molecule has 0 fully saturated rings. The average Bonchev–Trinajstić information content (AvgIpc) is 2.50. The van der Waals surface area contributed by atoms with Gasteiger partial charge in [0.05, 0.1) is 0 Å².